The van der Waals surface area contributed by atoms with E-state index in [0.717, 1.165) is 57.2 Å². The molecule has 2 aromatic rings. The monoisotopic (exact) mass is 357 g/mol. The Hall–Kier alpha value is -2.45. The molecule has 2 N–H and O–H groups in total. The number of ether oxygens (including phenoxy) is 1. The van der Waals surface area contributed by atoms with Crippen molar-refractivity contribution in [2.75, 3.05) is 69.0 Å². The van der Waals surface area contributed by atoms with E-state index in [4.69, 9.17) is 4.74 Å². The van der Waals surface area contributed by atoms with Crippen LogP contribution in [0.5, 0.6) is 0 Å². The average Bonchev–Trinajstić information content (AvgIpc) is 2.67. The van der Waals surface area contributed by atoms with Crippen LogP contribution in [0.25, 0.3) is 0 Å². The summed E-state index contributed by atoms with van der Waals surface area (Å²) >= 11 is 0. The molecule has 0 amide bonds. The Morgan fingerprint density at radius 1 is 1.19 bits per heavy atom. The van der Waals surface area contributed by atoms with Gasteiger partial charge in [0.05, 0.1) is 30.8 Å². The summed E-state index contributed by atoms with van der Waals surface area (Å²) in [7, 11) is 4.13. The highest BCUT2D eigenvalue weighted by atomic mass is 16.5. The molecule has 1 saturated heterocycles. The molecular weight excluding hydrogens is 330 g/mol. The summed E-state index contributed by atoms with van der Waals surface area (Å²) in [4.78, 5) is 8.99. The molecule has 140 valence electrons. The molecule has 1 fully saturated rings. The normalized spacial score (nSPS) is 14.5. The van der Waals surface area contributed by atoms with Crippen molar-refractivity contribution in [2.45, 2.75) is 6.42 Å². The van der Waals surface area contributed by atoms with Crippen LogP contribution in [0.15, 0.2) is 30.5 Å². The fourth-order valence-electron chi connectivity index (χ4n) is 2.83. The smallest absolute Gasteiger partial charge is 0.244 e. The summed E-state index contributed by atoms with van der Waals surface area (Å²) in [5.74, 6) is 1.22. The Kier molecular flexibility index (Phi) is 6.56. The van der Waals surface area contributed by atoms with Crippen LogP contribution < -0.4 is 15.5 Å². The van der Waals surface area contributed by atoms with Gasteiger partial charge in [0.25, 0.3) is 0 Å². The lowest BCUT2D eigenvalue weighted by atomic mass is 10.2. The van der Waals surface area contributed by atoms with Crippen LogP contribution in [0.4, 0.5) is 23.1 Å². The van der Waals surface area contributed by atoms with E-state index in [1.54, 1.807) is 6.20 Å². The van der Waals surface area contributed by atoms with Gasteiger partial charge in [-0.1, -0.05) is 12.1 Å². The molecule has 0 aliphatic carbocycles. The fourth-order valence-corrected chi connectivity index (χ4v) is 2.83. The molecule has 0 spiro atoms. The number of rotatable bonds is 8. The van der Waals surface area contributed by atoms with Crippen molar-refractivity contribution in [1.82, 2.24) is 20.1 Å². The van der Waals surface area contributed by atoms with Crippen molar-refractivity contribution >= 4 is 23.1 Å². The molecule has 8 nitrogen and oxygen atoms in total. The molecule has 0 bridgehead atoms. The third-order valence-electron chi connectivity index (χ3n) is 4.14. The summed E-state index contributed by atoms with van der Waals surface area (Å²) in [6, 6.07) is 8.23. The minimum absolute atomic E-state index is 0.539. The van der Waals surface area contributed by atoms with E-state index in [1.165, 1.54) is 0 Å². The van der Waals surface area contributed by atoms with Crippen molar-refractivity contribution in [3.63, 3.8) is 0 Å². The summed E-state index contributed by atoms with van der Waals surface area (Å²) in [5.41, 5.74) is 2.16. The zero-order chi connectivity index (χ0) is 18.2. The topological polar surface area (TPSA) is 78.4 Å². The number of hydrogen-bond donors (Lipinski definition) is 2. The van der Waals surface area contributed by atoms with Gasteiger partial charge in [-0.05, 0) is 39.2 Å². The molecule has 1 aromatic carbocycles. The highest BCUT2D eigenvalue weighted by molar-refractivity contribution is 5.74. The largest absolute Gasteiger partial charge is 0.378 e. The first-order chi connectivity index (χ1) is 12.7. The number of benzene rings is 1. The molecular formula is C18H27N7O. The predicted molar refractivity (Wildman–Crippen MR) is 104 cm³/mol. The van der Waals surface area contributed by atoms with E-state index >= 15 is 0 Å². The summed E-state index contributed by atoms with van der Waals surface area (Å²) in [6.07, 6.45) is 2.66. The van der Waals surface area contributed by atoms with Gasteiger partial charge in [-0.15, -0.1) is 5.10 Å². The highest BCUT2D eigenvalue weighted by Gasteiger charge is 2.15. The Labute approximate surface area is 154 Å². The van der Waals surface area contributed by atoms with Gasteiger partial charge in [-0.25, -0.2) is 0 Å². The summed E-state index contributed by atoms with van der Waals surface area (Å²) in [5, 5.41) is 14.7. The first-order valence-electron chi connectivity index (χ1n) is 8.99. The maximum Gasteiger partial charge on any atom is 0.244 e. The SMILES string of the molecule is CN(C)CCCNc1nncc(Nc2ccccc2N2CCOCC2)n1. The first-order valence-corrected chi connectivity index (χ1v) is 8.99. The Morgan fingerprint density at radius 2 is 2.00 bits per heavy atom. The molecule has 0 atom stereocenters. The van der Waals surface area contributed by atoms with Crippen LogP contribution in [0, 0.1) is 0 Å². The molecule has 0 saturated carbocycles. The minimum Gasteiger partial charge on any atom is -0.378 e. The lowest BCUT2D eigenvalue weighted by Gasteiger charge is -2.30. The lowest BCUT2D eigenvalue weighted by Crippen LogP contribution is -2.36. The van der Waals surface area contributed by atoms with Crippen LogP contribution in [0.3, 0.4) is 0 Å². The van der Waals surface area contributed by atoms with E-state index in [0.29, 0.717) is 11.8 Å². The number of aromatic nitrogens is 3. The van der Waals surface area contributed by atoms with Gasteiger partial charge < -0.3 is 25.2 Å². The second-order valence-corrected chi connectivity index (χ2v) is 6.49. The zero-order valence-corrected chi connectivity index (χ0v) is 15.5. The molecule has 2 heterocycles. The molecule has 26 heavy (non-hydrogen) atoms. The van der Waals surface area contributed by atoms with E-state index < -0.39 is 0 Å². The molecule has 0 radical (unpaired) electrons. The third-order valence-corrected chi connectivity index (χ3v) is 4.14. The summed E-state index contributed by atoms with van der Waals surface area (Å²) < 4.78 is 5.45. The molecule has 1 aliphatic rings. The number of morpholine rings is 1. The standard InChI is InChI=1S/C18H27N7O/c1-24(2)9-5-8-19-18-22-17(14-20-23-18)21-15-6-3-4-7-16(15)25-10-12-26-13-11-25/h3-4,6-7,14H,5,8-13H2,1-2H3,(H2,19,21,22,23). The van der Waals surface area contributed by atoms with Gasteiger partial charge in [-0.3, -0.25) is 0 Å². The Balaban J connectivity index is 1.64. The van der Waals surface area contributed by atoms with Crippen molar-refractivity contribution in [2.24, 2.45) is 0 Å². The lowest BCUT2D eigenvalue weighted by molar-refractivity contribution is 0.123. The van der Waals surface area contributed by atoms with Crippen molar-refractivity contribution in [3.05, 3.63) is 30.5 Å². The average molecular weight is 357 g/mol. The van der Waals surface area contributed by atoms with Gasteiger partial charge in [0, 0.05) is 19.6 Å². The third kappa shape index (κ3) is 5.27. The fraction of sp³-hybridized carbons (Fsp3) is 0.500. The Morgan fingerprint density at radius 3 is 2.81 bits per heavy atom. The highest BCUT2D eigenvalue weighted by Crippen LogP contribution is 2.28. The van der Waals surface area contributed by atoms with Crippen LogP contribution in [-0.4, -0.2) is 73.6 Å². The van der Waals surface area contributed by atoms with Gasteiger partial charge in [0.15, 0.2) is 5.82 Å². The maximum atomic E-state index is 5.45. The Bertz CT molecular complexity index is 689. The van der Waals surface area contributed by atoms with Crippen LogP contribution in [-0.2, 0) is 4.74 Å². The van der Waals surface area contributed by atoms with Gasteiger partial charge >= 0.3 is 0 Å². The number of nitrogens with one attached hydrogen (secondary N) is 2. The number of hydrogen-bond acceptors (Lipinski definition) is 8. The minimum atomic E-state index is 0.539. The summed E-state index contributed by atoms with van der Waals surface area (Å²) in [6.45, 7) is 5.12. The van der Waals surface area contributed by atoms with Crippen LogP contribution in [0.2, 0.25) is 0 Å². The van der Waals surface area contributed by atoms with Gasteiger partial charge in [0.1, 0.15) is 0 Å². The zero-order valence-electron chi connectivity index (χ0n) is 15.5. The van der Waals surface area contributed by atoms with E-state index in [-0.39, 0.29) is 0 Å². The van der Waals surface area contributed by atoms with Crippen LogP contribution >= 0.6 is 0 Å². The number of nitrogens with zero attached hydrogens (tertiary/aromatic N) is 5. The molecule has 0 unspecified atom stereocenters. The predicted octanol–water partition coefficient (Wildman–Crippen LogP) is 1.82. The molecule has 3 rings (SSSR count). The number of para-hydroxylation sites is 2. The van der Waals surface area contributed by atoms with E-state index in [9.17, 15) is 0 Å². The van der Waals surface area contributed by atoms with Gasteiger partial charge in [-0.2, -0.15) is 10.1 Å². The maximum absolute atomic E-state index is 5.45. The second-order valence-electron chi connectivity index (χ2n) is 6.49. The van der Waals surface area contributed by atoms with Crippen molar-refractivity contribution in [3.8, 4) is 0 Å². The van der Waals surface area contributed by atoms with Crippen LogP contribution in [0.1, 0.15) is 6.42 Å². The quantitative estimate of drug-likeness (QED) is 0.693. The first kappa shape index (κ1) is 18.3. The van der Waals surface area contributed by atoms with E-state index in [1.807, 2.05) is 12.1 Å². The molecule has 8 heteroatoms. The van der Waals surface area contributed by atoms with Gasteiger partial charge in [0.2, 0.25) is 5.95 Å². The molecule has 1 aliphatic heterocycles. The number of anilines is 4. The van der Waals surface area contributed by atoms with E-state index in [2.05, 4.69) is 61.8 Å². The molecule has 1 aromatic heterocycles. The second kappa shape index (κ2) is 9.30. The van der Waals surface area contributed by atoms with Crippen molar-refractivity contribution in [1.29, 1.82) is 0 Å². The van der Waals surface area contributed by atoms with Crippen molar-refractivity contribution < 1.29 is 4.74 Å².